The Morgan fingerprint density at radius 2 is 2.11 bits per heavy atom. The van der Waals surface area contributed by atoms with Gasteiger partial charge in [-0.1, -0.05) is 6.07 Å². The first-order chi connectivity index (χ1) is 8.92. The molecule has 0 aliphatic carbocycles. The molecule has 1 N–H and O–H groups in total. The van der Waals surface area contributed by atoms with Gasteiger partial charge >= 0.3 is 6.03 Å². The number of aromatic nitrogens is 1. The molecule has 7 heteroatoms. The zero-order valence-electron chi connectivity index (χ0n) is 10.8. The summed E-state index contributed by atoms with van der Waals surface area (Å²) >= 11 is 0. The maximum Gasteiger partial charge on any atom is 0.325 e. The lowest BCUT2D eigenvalue weighted by atomic mass is 10.1. The topological polar surface area (TPSA) is 79.4 Å². The minimum Gasteiger partial charge on any atom is -0.324 e. The summed E-state index contributed by atoms with van der Waals surface area (Å²) in [5.41, 5.74) is -0.885. The van der Waals surface area contributed by atoms with Gasteiger partial charge in [-0.05, 0) is 26.0 Å². The predicted molar refractivity (Wildman–Crippen MR) is 69.8 cm³/mol. The Morgan fingerprint density at radius 3 is 2.63 bits per heavy atom. The van der Waals surface area contributed by atoms with E-state index in [9.17, 15) is 13.8 Å². The molecule has 6 nitrogen and oxygen atoms in total. The highest BCUT2D eigenvalue weighted by molar-refractivity contribution is 7.85. The molecule has 1 fully saturated rings. The van der Waals surface area contributed by atoms with Crippen molar-refractivity contribution in [2.24, 2.45) is 0 Å². The Bertz CT molecular complexity index is 530. The highest BCUT2D eigenvalue weighted by atomic mass is 32.2. The highest BCUT2D eigenvalue weighted by Crippen LogP contribution is 2.16. The van der Waals surface area contributed by atoms with E-state index in [0.717, 1.165) is 4.90 Å². The van der Waals surface area contributed by atoms with Gasteiger partial charge in [0.1, 0.15) is 10.6 Å². The Labute approximate surface area is 113 Å². The molecule has 102 valence electrons. The van der Waals surface area contributed by atoms with Crippen molar-refractivity contribution in [1.29, 1.82) is 0 Å². The monoisotopic (exact) mass is 281 g/mol. The van der Waals surface area contributed by atoms with Crippen LogP contribution in [0.2, 0.25) is 0 Å². The lowest BCUT2D eigenvalue weighted by Gasteiger charge is -2.15. The zero-order chi connectivity index (χ0) is 14.0. The van der Waals surface area contributed by atoms with E-state index in [1.165, 1.54) is 0 Å². The third kappa shape index (κ3) is 2.81. The lowest BCUT2D eigenvalue weighted by Crippen LogP contribution is -2.40. The first-order valence-electron chi connectivity index (χ1n) is 5.85. The van der Waals surface area contributed by atoms with E-state index in [1.807, 2.05) is 0 Å². The van der Waals surface area contributed by atoms with Crippen LogP contribution in [0.3, 0.4) is 0 Å². The van der Waals surface area contributed by atoms with Crippen LogP contribution in [-0.2, 0) is 15.6 Å². The van der Waals surface area contributed by atoms with Crippen LogP contribution in [0, 0.1) is 0 Å². The van der Waals surface area contributed by atoms with Crippen molar-refractivity contribution in [2.75, 3.05) is 12.3 Å². The number of nitrogens with one attached hydrogen (secondary N) is 1. The van der Waals surface area contributed by atoms with Gasteiger partial charge in [0.25, 0.3) is 5.91 Å². The van der Waals surface area contributed by atoms with E-state index >= 15 is 0 Å². The summed E-state index contributed by atoms with van der Waals surface area (Å²) in [7, 11) is -1.32. The molecule has 3 amide bonds. The average Bonchev–Trinajstić information content (AvgIpc) is 2.57. The van der Waals surface area contributed by atoms with Gasteiger partial charge in [-0.25, -0.2) is 9.78 Å². The quantitative estimate of drug-likeness (QED) is 0.816. The van der Waals surface area contributed by atoms with Gasteiger partial charge in [-0.15, -0.1) is 0 Å². The number of amides is 3. The van der Waals surface area contributed by atoms with Crippen LogP contribution in [-0.4, -0.2) is 43.9 Å². The third-order valence-electron chi connectivity index (χ3n) is 2.82. The third-order valence-corrected chi connectivity index (χ3v) is 4.08. The number of hydrogen-bond acceptors (Lipinski definition) is 4. The maximum absolute atomic E-state index is 12.0. The molecular weight excluding hydrogens is 266 g/mol. The van der Waals surface area contributed by atoms with Gasteiger partial charge in [0.2, 0.25) is 0 Å². The summed E-state index contributed by atoms with van der Waals surface area (Å²) < 4.78 is 12.0. The number of urea groups is 1. The molecule has 19 heavy (non-hydrogen) atoms. The van der Waals surface area contributed by atoms with Crippen LogP contribution in [0.4, 0.5) is 4.79 Å². The van der Waals surface area contributed by atoms with Crippen molar-refractivity contribution in [3.05, 3.63) is 24.4 Å². The molecule has 0 spiro atoms. The summed E-state index contributed by atoms with van der Waals surface area (Å²) in [5.74, 6) is -0.109. The second-order valence-electron chi connectivity index (χ2n) is 4.73. The van der Waals surface area contributed by atoms with Crippen LogP contribution in [0.25, 0.3) is 0 Å². The van der Waals surface area contributed by atoms with E-state index in [1.54, 1.807) is 38.2 Å². The first-order valence-corrected chi connectivity index (χ1v) is 7.17. The second kappa shape index (κ2) is 5.08. The molecule has 0 radical (unpaired) electrons. The molecule has 1 atom stereocenters. The second-order valence-corrected chi connectivity index (χ2v) is 6.25. The summed E-state index contributed by atoms with van der Waals surface area (Å²) in [6.07, 6.45) is 1.56. The van der Waals surface area contributed by atoms with Crippen LogP contribution in [0.5, 0.6) is 0 Å². The minimum atomic E-state index is -1.32. The van der Waals surface area contributed by atoms with E-state index in [2.05, 4.69) is 10.3 Å². The van der Waals surface area contributed by atoms with E-state index in [4.69, 9.17) is 0 Å². The van der Waals surface area contributed by atoms with Gasteiger partial charge < -0.3 is 5.32 Å². The Kier molecular flexibility index (Phi) is 3.66. The fourth-order valence-corrected chi connectivity index (χ4v) is 2.75. The fourth-order valence-electron chi connectivity index (χ4n) is 1.78. The maximum atomic E-state index is 12.0. The van der Waals surface area contributed by atoms with Crippen molar-refractivity contribution in [3.8, 4) is 0 Å². The Morgan fingerprint density at radius 1 is 1.37 bits per heavy atom. The van der Waals surface area contributed by atoms with Crippen LogP contribution < -0.4 is 5.32 Å². The van der Waals surface area contributed by atoms with Crippen LogP contribution in [0.15, 0.2) is 29.4 Å². The summed E-state index contributed by atoms with van der Waals surface area (Å²) in [5, 5.41) is 3.03. The number of nitrogens with zero attached hydrogens (tertiary/aromatic N) is 2. The number of rotatable bonds is 4. The Balaban J connectivity index is 1.99. The van der Waals surface area contributed by atoms with Crippen molar-refractivity contribution in [2.45, 2.75) is 24.4 Å². The summed E-state index contributed by atoms with van der Waals surface area (Å²) in [6.45, 7) is 3.41. The summed E-state index contributed by atoms with van der Waals surface area (Å²) in [6, 6.07) is 4.71. The van der Waals surface area contributed by atoms with Crippen molar-refractivity contribution < 1.29 is 13.8 Å². The molecule has 0 bridgehead atoms. The smallest absolute Gasteiger partial charge is 0.324 e. The molecule has 2 rings (SSSR count). The molecule has 1 saturated heterocycles. The Hall–Kier alpha value is -1.76. The molecule has 1 aliphatic heterocycles. The van der Waals surface area contributed by atoms with E-state index in [0.29, 0.717) is 5.03 Å². The van der Waals surface area contributed by atoms with Gasteiger partial charge in [0.15, 0.2) is 0 Å². The van der Waals surface area contributed by atoms with Crippen LogP contribution in [0.1, 0.15) is 13.8 Å². The molecule has 0 aromatic carbocycles. The van der Waals surface area contributed by atoms with Gasteiger partial charge in [-0.2, -0.15) is 0 Å². The molecule has 1 aromatic rings. The molecule has 1 aliphatic rings. The van der Waals surface area contributed by atoms with Gasteiger partial charge in [-0.3, -0.25) is 13.9 Å². The molecule has 1 aromatic heterocycles. The largest absolute Gasteiger partial charge is 0.325 e. The van der Waals surface area contributed by atoms with Gasteiger partial charge in [0, 0.05) is 18.5 Å². The standard InChI is InChI=1S/C12H15N3O3S/c1-12(2)10(16)15(11(17)14-12)7-8-19(18)9-5-3-4-6-13-9/h3-6H,7-8H2,1-2H3,(H,14,17)/t19-/m0/s1. The van der Waals surface area contributed by atoms with E-state index in [-0.39, 0.29) is 18.2 Å². The van der Waals surface area contributed by atoms with Crippen LogP contribution >= 0.6 is 0 Å². The number of pyridine rings is 1. The number of carbonyl (C=O) groups excluding carboxylic acids is 2. The lowest BCUT2D eigenvalue weighted by molar-refractivity contribution is -0.130. The fraction of sp³-hybridized carbons (Fsp3) is 0.417. The molecule has 0 unspecified atom stereocenters. The van der Waals surface area contributed by atoms with Crippen molar-refractivity contribution >= 4 is 22.7 Å². The van der Waals surface area contributed by atoms with Crippen molar-refractivity contribution in [3.63, 3.8) is 0 Å². The predicted octanol–water partition coefficient (Wildman–Crippen LogP) is 0.520. The minimum absolute atomic E-state index is 0.122. The number of carbonyl (C=O) groups is 2. The summed E-state index contributed by atoms with van der Waals surface area (Å²) in [4.78, 5) is 28.6. The SMILES string of the molecule is CC1(C)NC(=O)N(CC[S@](=O)c2ccccn2)C1=O. The number of imide groups is 1. The molecule has 0 saturated carbocycles. The number of hydrogen-bond donors (Lipinski definition) is 1. The molecule has 2 heterocycles. The average molecular weight is 281 g/mol. The zero-order valence-corrected chi connectivity index (χ0v) is 11.6. The molecular formula is C12H15N3O3S. The van der Waals surface area contributed by atoms with Crippen molar-refractivity contribution in [1.82, 2.24) is 15.2 Å². The highest BCUT2D eigenvalue weighted by Gasteiger charge is 2.43. The normalized spacial score (nSPS) is 19.4. The van der Waals surface area contributed by atoms with Gasteiger partial charge in [0.05, 0.1) is 10.8 Å². The van der Waals surface area contributed by atoms with E-state index < -0.39 is 22.4 Å². The first kappa shape index (κ1) is 13.7.